The molecule has 1 amide bonds. The third-order valence-corrected chi connectivity index (χ3v) is 6.97. The van der Waals surface area contributed by atoms with Crippen LogP contribution in [0.4, 0.5) is 4.39 Å². The molecule has 0 radical (unpaired) electrons. The average molecular weight is 449 g/mol. The summed E-state index contributed by atoms with van der Waals surface area (Å²) in [6.07, 6.45) is 6.81. The first-order chi connectivity index (χ1) is 15.9. The number of nitrogens with zero attached hydrogens (tertiary/aromatic N) is 3. The van der Waals surface area contributed by atoms with E-state index >= 15 is 0 Å². The molecule has 0 unspecified atom stereocenters. The molecule has 1 saturated carbocycles. The predicted octanol–water partition coefficient (Wildman–Crippen LogP) is 5.09. The molecule has 6 heteroatoms. The SMILES string of the molecule is CCCc1c(C(=O)NC2CCC(c3cccc(F)c3)(N(C)C)CC2)cnn1-c1ccccc1. The van der Waals surface area contributed by atoms with Crippen molar-refractivity contribution in [2.24, 2.45) is 0 Å². The lowest BCUT2D eigenvalue weighted by Gasteiger charge is -2.45. The van der Waals surface area contributed by atoms with Crippen molar-refractivity contribution in [2.75, 3.05) is 14.1 Å². The molecule has 1 N–H and O–H groups in total. The molecule has 2 aromatic carbocycles. The highest BCUT2D eigenvalue weighted by Crippen LogP contribution is 2.41. The van der Waals surface area contributed by atoms with Gasteiger partial charge in [-0.1, -0.05) is 43.7 Å². The number of halogens is 1. The van der Waals surface area contributed by atoms with Gasteiger partial charge in [0.1, 0.15) is 5.82 Å². The first kappa shape index (κ1) is 23.2. The second-order valence-electron chi connectivity index (χ2n) is 9.19. The van der Waals surface area contributed by atoms with E-state index in [1.807, 2.05) is 41.1 Å². The Bertz CT molecular complexity index is 1080. The summed E-state index contributed by atoms with van der Waals surface area (Å²) in [6.45, 7) is 2.11. The molecular weight excluding hydrogens is 415 g/mol. The Morgan fingerprint density at radius 3 is 2.52 bits per heavy atom. The van der Waals surface area contributed by atoms with Crippen LogP contribution in [0.3, 0.4) is 0 Å². The van der Waals surface area contributed by atoms with Crippen molar-refractivity contribution in [3.05, 3.63) is 83.4 Å². The van der Waals surface area contributed by atoms with Crippen LogP contribution in [0.5, 0.6) is 0 Å². The third kappa shape index (κ3) is 4.71. The quantitative estimate of drug-likeness (QED) is 0.548. The molecule has 1 aromatic heterocycles. The first-order valence-electron chi connectivity index (χ1n) is 11.8. The second-order valence-corrected chi connectivity index (χ2v) is 9.19. The number of carbonyl (C=O) groups excluding carboxylic acids is 1. The van der Waals surface area contributed by atoms with Gasteiger partial charge in [0.05, 0.1) is 23.1 Å². The van der Waals surface area contributed by atoms with Gasteiger partial charge in [-0.2, -0.15) is 5.10 Å². The van der Waals surface area contributed by atoms with E-state index in [0.717, 1.165) is 55.5 Å². The summed E-state index contributed by atoms with van der Waals surface area (Å²) in [7, 11) is 4.11. The van der Waals surface area contributed by atoms with Gasteiger partial charge >= 0.3 is 0 Å². The zero-order valence-electron chi connectivity index (χ0n) is 19.7. The van der Waals surface area contributed by atoms with E-state index in [9.17, 15) is 9.18 Å². The van der Waals surface area contributed by atoms with Crippen LogP contribution in [0.25, 0.3) is 5.69 Å². The molecule has 0 atom stereocenters. The zero-order valence-corrected chi connectivity index (χ0v) is 19.7. The van der Waals surface area contributed by atoms with E-state index in [2.05, 4.69) is 36.3 Å². The molecule has 3 aromatic rings. The summed E-state index contributed by atoms with van der Waals surface area (Å²) < 4.78 is 15.8. The van der Waals surface area contributed by atoms with Gasteiger partial charge in [0.25, 0.3) is 5.91 Å². The average Bonchev–Trinajstić information content (AvgIpc) is 3.24. The number of carbonyl (C=O) groups is 1. The monoisotopic (exact) mass is 448 g/mol. The number of benzene rings is 2. The lowest BCUT2D eigenvalue weighted by molar-refractivity contribution is 0.0756. The summed E-state index contributed by atoms with van der Waals surface area (Å²) in [6, 6.07) is 16.9. The Morgan fingerprint density at radius 1 is 1.15 bits per heavy atom. The van der Waals surface area contributed by atoms with Crippen molar-refractivity contribution in [1.29, 1.82) is 0 Å². The maximum Gasteiger partial charge on any atom is 0.254 e. The number of hydrogen-bond acceptors (Lipinski definition) is 3. The highest BCUT2D eigenvalue weighted by Gasteiger charge is 2.39. The topological polar surface area (TPSA) is 50.2 Å². The molecule has 4 rings (SSSR count). The third-order valence-electron chi connectivity index (χ3n) is 6.97. The lowest BCUT2D eigenvalue weighted by Crippen LogP contribution is -2.48. The first-order valence-corrected chi connectivity index (χ1v) is 11.8. The standard InChI is InChI=1S/C27H33FN4O/c1-4-9-25-24(19-29-32(25)23-12-6-5-7-13-23)26(33)30-22-14-16-27(17-15-22,31(2)3)20-10-8-11-21(28)18-20/h5-8,10-13,18-19,22H,4,9,14-17H2,1-3H3,(H,30,33). The smallest absolute Gasteiger partial charge is 0.254 e. The summed E-state index contributed by atoms with van der Waals surface area (Å²) in [4.78, 5) is 15.4. The molecule has 1 fully saturated rings. The van der Waals surface area contributed by atoms with Gasteiger partial charge in [0, 0.05) is 11.6 Å². The van der Waals surface area contributed by atoms with Crippen LogP contribution in [0.15, 0.2) is 60.8 Å². The minimum absolute atomic E-state index is 0.0614. The molecule has 33 heavy (non-hydrogen) atoms. The maximum absolute atomic E-state index is 13.9. The molecule has 0 bridgehead atoms. The molecule has 1 heterocycles. The van der Waals surface area contributed by atoms with Crippen molar-refractivity contribution >= 4 is 5.91 Å². The van der Waals surface area contributed by atoms with Gasteiger partial charge in [-0.05, 0) is 76.0 Å². The molecule has 174 valence electrons. The van der Waals surface area contributed by atoms with Crippen LogP contribution < -0.4 is 5.32 Å². The van der Waals surface area contributed by atoms with Crippen LogP contribution in [-0.2, 0) is 12.0 Å². The van der Waals surface area contributed by atoms with Crippen molar-refractivity contribution in [1.82, 2.24) is 20.0 Å². The minimum Gasteiger partial charge on any atom is -0.349 e. The van der Waals surface area contributed by atoms with E-state index in [1.165, 1.54) is 6.07 Å². The van der Waals surface area contributed by atoms with Crippen molar-refractivity contribution < 1.29 is 9.18 Å². The molecule has 0 spiro atoms. The number of para-hydroxylation sites is 1. The number of hydrogen-bond donors (Lipinski definition) is 1. The Balaban J connectivity index is 1.49. The Hall–Kier alpha value is -2.99. The van der Waals surface area contributed by atoms with Crippen LogP contribution in [0.1, 0.15) is 60.6 Å². The van der Waals surface area contributed by atoms with E-state index in [1.54, 1.807) is 18.3 Å². The van der Waals surface area contributed by atoms with Gasteiger partial charge in [-0.3, -0.25) is 9.69 Å². The molecular formula is C27H33FN4O. The van der Waals surface area contributed by atoms with Crippen molar-refractivity contribution in [3.63, 3.8) is 0 Å². The largest absolute Gasteiger partial charge is 0.349 e. The Kier molecular flexibility index (Phi) is 6.94. The normalized spacial score (nSPS) is 20.7. The second kappa shape index (κ2) is 9.87. The van der Waals surface area contributed by atoms with Gasteiger partial charge in [0.2, 0.25) is 0 Å². The molecule has 1 aliphatic carbocycles. The fourth-order valence-corrected chi connectivity index (χ4v) is 5.11. The molecule has 5 nitrogen and oxygen atoms in total. The van der Waals surface area contributed by atoms with Gasteiger partial charge in [-0.15, -0.1) is 0 Å². The van der Waals surface area contributed by atoms with E-state index in [-0.39, 0.29) is 23.3 Å². The van der Waals surface area contributed by atoms with Crippen LogP contribution in [0.2, 0.25) is 0 Å². The fraction of sp³-hybridized carbons (Fsp3) is 0.407. The highest BCUT2D eigenvalue weighted by molar-refractivity contribution is 5.95. The summed E-state index contributed by atoms with van der Waals surface area (Å²) in [5.41, 5.74) is 3.35. The van der Waals surface area contributed by atoms with Crippen LogP contribution in [0, 0.1) is 5.82 Å². The van der Waals surface area contributed by atoms with E-state index < -0.39 is 0 Å². The van der Waals surface area contributed by atoms with E-state index in [4.69, 9.17) is 0 Å². The number of nitrogens with one attached hydrogen (secondary N) is 1. The van der Waals surface area contributed by atoms with Gasteiger partial charge in [-0.25, -0.2) is 9.07 Å². The zero-order chi connectivity index (χ0) is 23.4. The lowest BCUT2D eigenvalue weighted by atomic mass is 9.74. The van der Waals surface area contributed by atoms with Gasteiger partial charge in [0.15, 0.2) is 0 Å². The van der Waals surface area contributed by atoms with Crippen molar-refractivity contribution in [2.45, 2.75) is 57.0 Å². The number of amides is 1. The molecule has 0 saturated heterocycles. The maximum atomic E-state index is 13.9. The Labute approximate surface area is 195 Å². The fourth-order valence-electron chi connectivity index (χ4n) is 5.11. The Morgan fingerprint density at radius 2 is 1.88 bits per heavy atom. The van der Waals surface area contributed by atoms with Crippen LogP contribution in [-0.4, -0.2) is 40.7 Å². The highest BCUT2D eigenvalue weighted by atomic mass is 19.1. The summed E-state index contributed by atoms with van der Waals surface area (Å²) >= 11 is 0. The molecule has 0 aliphatic heterocycles. The molecule has 1 aliphatic rings. The number of aromatic nitrogens is 2. The summed E-state index contributed by atoms with van der Waals surface area (Å²) in [5.74, 6) is -0.267. The van der Waals surface area contributed by atoms with Gasteiger partial charge < -0.3 is 5.32 Å². The number of rotatable bonds is 7. The predicted molar refractivity (Wildman–Crippen MR) is 129 cm³/mol. The van der Waals surface area contributed by atoms with Crippen LogP contribution >= 0.6 is 0 Å². The summed E-state index contributed by atoms with van der Waals surface area (Å²) in [5, 5.41) is 7.78. The van der Waals surface area contributed by atoms with Crippen molar-refractivity contribution in [3.8, 4) is 5.69 Å². The minimum atomic E-state index is -0.213. The van der Waals surface area contributed by atoms with E-state index in [0.29, 0.717) is 5.56 Å².